The summed E-state index contributed by atoms with van der Waals surface area (Å²) in [7, 11) is 0. The number of carbonyl (C=O) groups excluding carboxylic acids is 1. The summed E-state index contributed by atoms with van der Waals surface area (Å²) >= 11 is 0. The Labute approximate surface area is 139 Å². The van der Waals surface area contributed by atoms with Gasteiger partial charge in [-0.15, -0.1) is 0 Å². The van der Waals surface area contributed by atoms with E-state index in [4.69, 9.17) is 0 Å². The zero-order chi connectivity index (χ0) is 15.9. The molecule has 0 aromatic heterocycles. The Hall–Kier alpha value is -1.35. The predicted molar refractivity (Wildman–Crippen MR) is 91.9 cm³/mol. The van der Waals surface area contributed by atoms with Gasteiger partial charge in [-0.25, -0.2) is 0 Å². The van der Waals surface area contributed by atoms with Gasteiger partial charge in [-0.2, -0.15) is 0 Å². The van der Waals surface area contributed by atoms with Crippen molar-refractivity contribution in [2.45, 2.75) is 57.0 Å². The number of hydrogen-bond donors (Lipinski definition) is 2. The van der Waals surface area contributed by atoms with Crippen molar-refractivity contribution >= 4 is 5.91 Å². The molecule has 0 radical (unpaired) electrons. The van der Waals surface area contributed by atoms with Gasteiger partial charge < -0.3 is 10.6 Å². The summed E-state index contributed by atoms with van der Waals surface area (Å²) in [6, 6.07) is 10.3. The number of benzene rings is 1. The van der Waals surface area contributed by atoms with E-state index in [1.54, 1.807) is 0 Å². The Morgan fingerprint density at radius 3 is 2.22 bits per heavy atom. The minimum atomic E-state index is 0.0712. The van der Waals surface area contributed by atoms with Crippen LogP contribution in [0.4, 0.5) is 0 Å². The molecule has 4 bridgehead atoms. The van der Waals surface area contributed by atoms with Crippen LogP contribution in [0, 0.1) is 17.8 Å². The zero-order valence-electron chi connectivity index (χ0n) is 14.1. The van der Waals surface area contributed by atoms with E-state index in [1.165, 1.54) is 38.5 Å². The fourth-order valence-corrected chi connectivity index (χ4v) is 5.71. The second kappa shape index (κ2) is 5.94. The molecule has 0 spiro atoms. The molecule has 5 rings (SSSR count). The lowest BCUT2D eigenvalue weighted by molar-refractivity contribution is -0.122. The van der Waals surface area contributed by atoms with E-state index in [1.807, 2.05) is 18.2 Å². The predicted octanol–water partition coefficient (Wildman–Crippen LogP) is 3.42. The summed E-state index contributed by atoms with van der Waals surface area (Å²) in [5.74, 6) is 2.87. The third-order valence-electron chi connectivity index (χ3n) is 6.34. The quantitative estimate of drug-likeness (QED) is 0.874. The van der Waals surface area contributed by atoms with Crippen LogP contribution in [-0.2, 0) is 4.79 Å². The lowest BCUT2D eigenvalue weighted by Gasteiger charge is -2.57. The topological polar surface area (TPSA) is 41.1 Å². The molecule has 0 saturated heterocycles. The van der Waals surface area contributed by atoms with Crippen LogP contribution < -0.4 is 10.6 Å². The minimum Gasteiger partial charge on any atom is -0.348 e. The van der Waals surface area contributed by atoms with E-state index in [-0.39, 0.29) is 17.5 Å². The lowest BCUT2D eigenvalue weighted by Crippen LogP contribution is -2.59. The van der Waals surface area contributed by atoms with Crippen molar-refractivity contribution < 1.29 is 4.79 Å². The average Bonchev–Trinajstić information content (AvgIpc) is 2.53. The van der Waals surface area contributed by atoms with E-state index < -0.39 is 0 Å². The van der Waals surface area contributed by atoms with Gasteiger partial charge in [-0.1, -0.05) is 30.3 Å². The number of nitrogens with one attached hydrogen (secondary N) is 2. The van der Waals surface area contributed by atoms with Gasteiger partial charge in [-0.3, -0.25) is 4.79 Å². The average molecular weight is 312 g/mol. The van der Waals surface area contributed by atoms with Crippen LogP contribution in [0.2, 0.25) is 0 Å². The Bertz CT molecular complexity index is 533. The Morgan fingerprint density at radius 1 is 1.09 bits per heavy atom. The molecule has 4 saturated carbocycles. The van der Waals surface area contributed by atoms with Crippen molar-refractivity contribution in [1.29, 1.82) is 0 Å². The summed E-state index contributed by atoms with van der Waals surface area (Å²) in [6.45, 7) is 2.52. The first-order chi connectivity index (χ1) is 11.1. The highest BCUT2D eigenvalue weighted by Gasteiger charge is 2.50. The lowest BCUT2D eigenvalue weighted by atomic mass is 9.53. The summed E-state index contributed by atoms with van der Waals surface area (Å²) in [4.78, 5) is 12.3. The van der Waals surface area contributed by atoms with Crippen molar-refractivity contribution in [1.82, 2.24) is 10.6 Å². The van der Waals surface area contributed by atoms with E-state index >= 15 is 0 Å². The SMILES string of the molecule is C[C@H](NC(=O)CNC12CC3CC(CC(C3)C1)C2)c1ccccc1. The van der Waals surface area contributed by atoms with Crippen molar-refractivity contribution in [3.8, 4) is 0 Å². The van der Waals surface area contributed by atoms with Gasteiger partial charge in [0.2, 0.25) is 5.91 Å². The second-order valence-electron chi connectivity index (χ2n) is 8.25. The number of rotatable bonds is 5. The molecule has 0 aliphatic heterocycles. The van der Waals surface area contributed by atoms with Gasteiger partial charge in [0.05, 0.1) is 12.6 Å². The molecule has 0 unspecified atom stereocenters. The Balaban J connectivity index is 1.32. The Kier molecular flexibility index (Phi) is 3.92. The van der Waals surface area contributed by atoms with Crippen LogP contribution in [-0.4, -0.2) is 18.0 Å². The first-order valence-electron chi connectivity index (χ1n) is 9.21. The van der Waals surface area contributed by atoms with Crippen LogP contribution in [0.5, 0.6) is 0 Å². The Morgan fingerprint density at radius 2 is 1.65 bits per heavy atom. The molecule has 124 valence electrons. The maximum Gasteiger partial charge on any atom is 0.234 e. The summed E-state index contributed by atoms with van der Waals surface area (Å²) in [5.41, 5.74) is 1.43. The number of hydrogen-bond acceptors (Lipinski definition) is 2. The zero-order valence-corrected chi connectivity index (χ0v) is 14.1. The van der Waals surface area contributed by atoms with Gasteiger partial charge in [-0.05, 0) is 68.8 Å². The van der Waals surface area contributed by atoms with Gasteiger partial charge in [0.15, 0.2) is 0 Å². The molecule has 23 heavy (non-hydrogen) atoms. The second-order valence-corrected chi connectivity index (χ2v) is 8.25. The maximum atomic E-state index is 12.3. The van der Waals surface area contributed by atoms with Crippen LogP contribution in [0.3, 0.4) is 0 Å². The molecule has 1 aromatic rings. The smallest absolute Gasteiger partial charge is 0.234 e. The van der Waals surface area contributed by atoms with Crippen molar-refractivity contribution in [3.05, 3.63) is 35.9 Å². The third-order valence-corrected chi connectivity index (χ3v) is 6.34. The molecule has 1 atom stereocenters. The normalized spacial score (nSPS) is 36.0. The van der Waals surface area contributed by atoms with Crippen LogP contribution >= 0.6 is 0 Å². The maximum absolute atomic E-state index is 12.3. The molecule has 3 nitrogen and oxygen atoms in total. The highest BCUT2D eigenvalue weighted by molar-refractivity contribution is 5.78. The van der Waals surface area contributed by atoms with Crippen LogP contribution in [0.1, 0.15) is 57.1 Å². The standard InChI is InChI=1S/C20H28N2O/c1-14(18-5-3-2-4-6-18)22-19(23)13-21-20-10-15-7-16(11-20)9-17(8-15)12-20/h2-6,14-17,21H,7-13H2,1H3,(H,22,23)/t14-,15?,16?,17?,20?/m0/s1. The molecular formula is C20H28N2O. The monoisotopic (exact) mass is 312 g/mol. The van der Waals surface area contributed by atoms with E-state index in [0.29, 0.717) is 6.54 Å². The van der Waals surface area contributed by atoms with Gasteiger partial charge in [0, 0.05) is 5.54 Å². The van der Waals surface area contributed by atoms with Crippen molar-refractivity contribution in [2.75, 3.05) is 6.54 Å². The largest absolute Gasteiger partial charge is 0.348 e. The van der Waals surface area contributed by atoms with Crippen molar-refractivity contribution in [2.24, 2.45) is 17.8 Å². The third kappa shape index (κ3) is 3.16. The molecule has 1 amide bonds. The van der Waals surface area contributed by atoms with E-state index in [2.05, 4.69) is 29.7 Å². The first-order valence-corrected chi connectivity index (χ1v) is 9.21. The van der Waals surface area contributed by atoms with Gasteiger partial charge >= 0.3 is 0 Å². The fraction of sp³-hybridized carbons (Fsp3) is 0.650. The summed E-state index contributed by atoms with van der Waals surface area (Å²) in [6.07, 6.45) is 8.20. The highest BCUT2D eigenvalue weighted by Crippen LogP contribution is 2.55. The van der Waals surface area contributed by atoms with Gasteiger partial charge in [0.1, 0.15) is 0 Å². The molecule has 4 aliphatic carbocycles. The molecule has 1 aromatic carbocycles. The number of carbonyl (C=O) groups is 1. The minimum absolute atomic E-state index is 0.0712. The molecule has 4 aliphatic rings. The molecular weight excluding hydrogens is 284 g/mol. The van der Waals surface area contributed by atoms with Crippen LogP contribution in [0.25, 0.3) is 0 Å². The molecule has 0 heterocycles. The summed E-state index contributed by atoms with van der Waals surface area (Å²) in [5, 5.41) is 6.80. The molecule has 3 heteroatoms. The van der Waals surface area contributed by atoms with Crippen molar-refractivity contribution in [3.63, 3.8) is 0 Å². The first kappa shape index (κ1) is 15.2. The number of amides is 1. The molecule has 4 fully saturated rings. The highest BCUT2D eigenvalue weighted by atomic mass is 16.2. The summed E-state index contributed by atoms with van der Waals surface area (Å²) < 4.78 is 0. The van der Waals surface area contributed by atoms with E-state index in [0.717, 1.165) is 23.3 Å². The van der Waals surface area contributed by atoms with E-state index in [9.17, 15) is 4.79 Å². The van der Waals surface area contributed by atoms with Gasteiger partial charge in [0.25, 0.3) is 0 Å². The van der Waals surface area contributed by atoms with Crippen LogP contribution in [0.15, 0.2) is 30.3 Å². The fourth-order valence-electron chi connectivity index (χ4n) is 5.71. The molecule has 2 N–H and O–H groups in total.